The molecule has 0 aromatic heterocycles. The van der Waals surface area contributed by atoms with Crippen LogP contribution in [0.4, 0.5) is 8.78 Å². The van der Waals surface area contributed by atoms with Gasteiger partial charge in [0.15, 0.2) is 5.96 Å². The lowest BCUT2D eigenvalue weighted by molar-refractivity contribution is -0.0504. The highest BCUT2D eigenvalue weighted by molar-refractivity contribution is 6.30. The molecule has 0 aliphatic carbocycles. The molecular weight excluding hydrogens is 400 g/mol. The maximum absolute atomic E-state index is 12.6. The van der Waals surface area contributed by atoms with Crippen LogP contribution in [-0.4, -0.2) is 75.2 Å². The first-order valence-corrected chi connectivity index (χ1v) is 10.5. The van der Waals surface area contributed by atoms with Crippen molar-refractivity contribution < 1.29 is 13.5 Å². The highest BCUT2D eigenvalue weighted by atomic mass is 35.5. The van der Waals surface area contributed by atoms with Gasteiger partial charge in [0.1, 0.15) is 5.75 Å². The van der Waals surface area contributed by atoms with Crippen molar-refractivity contribution in [2.24, 2.45) is 4.99 Å². The average Bonchev–Trinajstić information content (AvgIpc) is 2.68. The number of guanidine groups is 1. The quantitative estimate of drug-likeness (QED) is 0.339. The Kier molecular flexibility index (Phi) is 10.5. The van der Waals surface area contributed by atoms with Gasteiger partial charge in [-0.15, -0.1) is 0 Å². The van der Waals surface area contributed by atoms with Crippen molar-refractivity contribution in [2.75, 3.05) is 52.9 Å². The molecule has 29 heavy (non-hydrogen) atoms. The van der Waals surface area contributed by atoms with E-state index in [0.29, 0.717) is 23.1 Å². The number of nitrogens with one attached hydrogen (secondary N) is 2. The number of benzene rings is 1. The first kappa shape index (κ1) is 23.6. The molecule has 1 aliphatic rings. The molecule has 0 unspecified atom stereocenters. The van der Waals surface area contributed by atoms with E-state index in [2.05, 4.69) is 37.2 Å². The number of nitrogens with zero attached hydrogens (tertiary/aromatic N) is 3. The summed E-state index contributed by atoms with van der Waals surface area (Å²) in [6.07, 6.45) is 2.16. The largest absolute Gasteiger partial charge is 0.434 e. The highest BCUT2D eigenvalue weighted by Crippen LogP contribution is 2.25. The average molecular weight is 432 g/mol. The Morgan fingerprint density at radius 1 is 1.21 bits per heavy atom. The minimum atomic E-state index is -2.88. The third kappa shape index (κ3) is 9.14. The number of unbranched alkanes of at least 4 members (excludes halogenated alkanes) is 1. The molecule has 1 saturated heterocycles. The summed E-state index contributed by atoms with van der Waals surface area (Å²) in [4.78, 5) is 9.34. The molecule has 0 spiro atoms. The zero-order valence-corrected chi connectivity index (χ0v) is 18.0. The first-order chi connectivity index (χ1) is 14.0. The van der Waals surface area contributed by atoms with Crippen molar-refractivity contribution in [3.05, 3.63) is 28.8 Å². The monoisotopic (exact) mass is 431 g/mol. The fourth-order valence-electron chi connectivity index (χ4n) is 3.13. The molecule has 0 amide bonds. The van der Waals surface area contributed by atoms with Crippen molar-refractivity contribution in [3.8, 4) is 5.75 Å². The number of rotatable bonds is 10. The van der Waals surface area contributed by atoms with Crippen molar-refractivity contribution in [3.63, 3.8) is 0 Å². The van der Waals surface area contributed by atoms with Crippen LogP contribution in [0.5, 0.6) is 5.75 Å². The third-order valence-electron chi connectivity index (χ3n) is 4.78. The number of alkyl halides is 2. The van der Waals surface area contributed by atoms with Crippen molar-refractivity contribution in [1.29, 1.82) is 0 Å². The summed E-state index contributed by atoms with van der Waals surface area (Å²) in [5.74, 6) is 0.742. The molecule has 6 nitrogen and oxygen atoms in total. The van der Waals surface area contributed by atoms with E-state index in [0.717, 1.165) is 52.1 Å². The SMILES string of the molecule is CCNC(=NCc1cc(Cl)ccc1OC(F)F)NCCCCN1CCN(C)CC1. The molecule has 1 aromatic rings. The van der Waals surface area contributed by atoms with Gasteiger partial charge in [0.2, 0.25) is 0 Å². The van der Waals surface area contributed by atoms with Crippen LogP contribution >= 0.6 is 11.6 Å². The molecule has 1 aliphatic heterocycles. The number of aliphatic imine (C=N–C) groups is 1. The fraction of sp³-hybridized carbons (Fsp3) is 0.650. The van der Waals surface area contributed by atoms with Crippen LogP contribution in [-0.2, 0) is 6.54 Å². The van der Waals surface area contributed by atoms with Gasteiger partial charge in [0.05, 0.1) is 6.54 Å². The maximum Gasteiger partial charge on any atom is 0.387 e. The summed E-state index contributed by atoms with van der Waals surface area (Å²) in [5, 5.41) is 6.93. The van der Waals surface area contributed by atoms with E-state index >= 15 is 0 Å². The Bertz CT molecular complexity index is 639. The number of hydrogen-bond donors (Lipinski definition) is 2. The standard InChI is InChI=1S/C20H32ClF2N5O/c1-3-24-20(25-8-4-5-9-28-12-10-27(2)11-13-28)26-15-16-14-17(21)6-7-18(16)29-19(22)23/h6-7,14,19H,3-5,8-13,15H2,1-2H3,(H2,24,25,26). The minimum absolute atomic E-state index is 0.0937. The number of likely N-dealkylation sites (N-methyl/N-ethyl adjacent to an activating group) is 1. The number of ether oxygens (including phenoxy) is 1. The lowest BCUT2D eigenvalue weighted by atomic mass is 10.2. The van der Waals surface area contributed by atoms with Crippen LogP contribution in [0.1, 0.15) is 25.3 Å². The second kappa shape index (κ2) is 12.8. The molecule has 9 heteroatoms. The fourth-order valence-corrected chi connectivity index (χ4v) is 3.32. The Labute approximate surface area is 177 Å². The first-order valence-electron chi connectivity index (χ1n) is 10.1. The molecule has 2 N–H and O–H groups in total. The predicted octanol–water partition coefficient (Wildman–Crippen LogP) is 3.02. The van der Waals surface area contributed by atoms with E-state index in [1.165, 1.54) is 12.1 Å². The van der Waals surface area contributed by atoms with E-state index < -0.39 is 6.61 Å². The molecule has 1 aromatic carbocycles. The Morgan fingerprint density at radius 2 is 1.97 bits per heavy atom. The van der Waals surface area contributed by atoms with Crippen LogP contribution in [0.25, 0.3) is 0 Å². The van der Waals surface area contributed by atoms with Gasteiger partial charge in [-0.05, 0) is 51.6 Å². The smallest absolute Gasteiger partial charge is 0.387 e. The zero-order valence-electron chi connectivity index (χ0n) is 17.3. The van der Waals surface area contributed by atoms with Crippen LogP contribution in [0.3, 0.4) is 0 Å². The van der Waals surface area contributed by atoms with Gasteiger partial charge in [-0.25, -0.2) is 4.99 Å². The van der Waals surface area contributed by atoms with Gasteiger partial charge in [0.25, 0.3) is 0 Å². The van der Waals surface area contributed by atoms with Crippen LogP contribution in [0.2, 0.25) is 5.02 Å². The van der Waals surface area contributed by atoms with Crippen LogP contribution in [0, 0.1) is 0 Å². The highest BCUT2D eigenvalue weighted by Gasteiger charge is 2.13. The van der Waals surface area contributed by atoms with Gasteiger partial charge >= 0.3 is 6.61 Å². The van der Waals surface area contributed by atoms with Gasteiger partial charge in [-0.2, -0.15) is 8.78 Å². The van der Waals surface area contributed by atoms with Crippen LogP contribution < -0.4 is 15.4 Å². The summed E-state index contributed by atoms with van der Waals surface area (Å²) >= 11 is 5.99. The van der Waals surface area contributed by atoms with Gasteiger partial charge < -0.3 is 25.2 Å². The van der Waals surface area contributed by atoms with Crippen LogP contribution in [0.15, 0.2) is 23.2 Å². The summed E-state index contributed by atoms with van der Waals surface area (Å²) in [6, 6.07) is 4.57. The normalized spacial score (nSPS) is 16.3. The van der Waals surface area contributed by atoms with Crippen molar-refractivity contribution in [2.45, 2.75) is 32.9 Å². The van der Waals surface area contributed by atoms with E-state index in [4.69, 9.17) is 11.6 Å². The summed E-state index contributed by atoms with van der Waals surface area (Å²) in [5.41, 5.74) is 0.519. The van der Waals surface area contributed by atoms with Crippen molar-refractivity contribution >= 4 is 17.6 Å². The second-order valence-electron chi connectivity index (χ2n) is 7.10. The van der Waals surface area contributed by atoms with Gasteiger partial charge in [-0.3, -0.25) is 0 Å². The molecule has 2 rings (SSSR count). The summed E-state index contributed by atoms with van der Waals surface area (Å²) in [7, 11) is 2.16. The predicted molar refractivity (Wildman–Crippen MR) is 114 cm³/mol. The number of halogens is 3. The maximum atomic E-state index is 12.6. The van der Waals surface area contributed by atoms with E-state index in [1.807, 2.05) is 6.92 Å². The topological polar surface area (TPSA) is 52.1 Å². The summed E-state index contributed by atoms with van der Waals surface area (Å²) < 4.78 is 29.7. The molecule has 0 atom stereocenters. The van der Waals surface area contributed by atoms with Gasteiger partial charge in [-0.1, -0.05) is 11.6 Å². The molecule has 164 valence electrons. The number of piperazine rings is 1. The third-order valence-corrected chi connectivity index (χ3v) is 5.01. The van der Waals surface area contributed by atoms with Gasteiger partial charge in [0, 0.05) is 49.9 Å². The molecular formula is C20H32ClF2N5O. The zero-order chi connectivity index (χ0) is 21.1. The van der Waals surface area contributed by atoms with E-state index in [-0.39, 0.29) is 12.3 Å². The lowest BCUT2D eigenvalue weighted by Gasteiger charge is -2.32. The Hall–Kier alpha value is -1.64. The molecule has 1 heterocycles. The second-order valence-corrected chi connectivity index (χ2v) is 7.54. The van der Waals surface area contributed by atoms with E-state index in [1.54, 1.807) is 6.07 Å². The van der Waals surface area contributed by atoms with Crippen molar-refractivity contribution in [1.82, 2.24) is 20.4 Å². The molecule has 0 radical (unpaired) electrons. The summed E-state index contributed by atoms with van der Waals surface area (Å²) in [6.45, 7) is 6.46. The van der Waals surface area contributed by atoms with E-state index in [9.17, 15) is 8.78 Å². The Morgan fingerprint density at radius 3 is 2.66 bits per heavy atom. The molecule has 0 saturated carbocycles. The Balaban J connectivity index is 1.80. The lowest BCUT2D eigenvalue weighted by Crippen LogP contribution is -2.44. The molecule has 0 bridgehead atoms. The minimum Gasteiger partial charge on any atom is -0.434 e. The number of hydrogen-bond acceptors (Lipinski definition) is 4. The molecule has 1 fully saturated rings.